The highest BCUT2D eigenvalue weighted by molar-refractivity contribution is 5.79. The van der Waals surface area contributed by atoms with Crippen LogP contribution >= 0.6 is 0 Å². The molecule has 2 aromatic rings. The van der Waals surface area contributed by atoms with Crippen LogP contribution in [0.25, 0.3) is 0 Å². The lowest BCUT2D eigenvalue weighted by Gasteiger charge is -2.20. The van der Waals surface area contributed by atoms with Gasteiger partial charge >= 0.3 is 0 Å². The molecule has 1 aliphatic rings. The fourth-order valence-corrected chi connectivity index (χ4v) is 4.12. The number of carbonyl (C=O) groups is 1. The molecule has 3 rings (SSSR count). The number of hydrogen-bond acceptors (Lipinski definition) is 4. The maximum absolute atomic E-state index is 13.4. The molecule has 5 nitrogen and oxygen atoms in total. The van der Waals surface area contributed by atoms with E-state index in [0.717, 1.165) is 67.5 Å². The van der Waals surface area contributed by atoms with Crippen molar-refractivity contribution in [3.63, 3.8) is 0 Å². The van der Waals surface area contributed by atoms with E-state index in [9.17, 15) is 9.18 Å². The largest absolute Gasteiger partial charge is 0.343 e. The predicted octanol–water partition coefficient (Wildman–Crippen LogP) is 3.63. The van der Waals surface area contributed by atoms with Gasteiger partial charge in [-0.3, -0.25) is 9.69 Å². The molecule has 1 aromatic carbocycles. The molecule has 156 valence electrons. The van der Waals surface area contributed by atoms with Crippen LogP contribution in [0.2, 0.25) is 0 Å². The lowest BCUT2D eigenvalue weighted by atomic mass is 10.0. The van der Waals surface area contributed by atoms with Gasteiger partial charge in [-0.25, -0.2) is 14.4 Å². The van der Waals surface area contributed by atoms with E-state index in [4.69, 9.17) is 9.97 Å². The second-order valence-electron chi connectivity index (χ2n) is 7.82. The van der Waals surface area contributed by atoms with Crippen molar-refractivity contribution in [3.8, 4) is 0 Å². The second-order valence-corrected chi connectivity index (χ2v) is 7.82. The van der Waals surface area contributed by atoms with E-state index in [0.29, 0.717) is 6.42 Å². The van der Waals surface area contributed by atoms with Crippen molar-refractivity contribution in [3.05, 3.63) is 58.4 Å². The molecule has 1 atom stereocenters. The minimum absolute atomic E-state index is 0.125. The van der Waals surface area contributed by atoms with Crippen LogP contribution in [-0.4, -0.2) is 51.9 Å². The van der Waals surface area contributed by atoms with Gasteiger partial charge in [-0.05, 0) is 58.4 Å². The summed E-state index contributed by atoms with van der Waals surface area (Å²) in [6.45, 7) is 11.9. The first-order chi connectivity index (χ1) is 13.9. The lowest BCUT2D eigenvalue weighted by Crippen LogP contribution is -2.32. The minimum atomic E-state index is -0.192. The van der Waals surface area contributed by atoms with Crippen molar-refractivity contribution in [1.29, 1.82) is 0 Å². The van der Waals surface area contributed by atoms with Gasteiger partial charge in [-0.15, -0.1) is 0 Å². The third-order valence-electron chi connectivity index (χ3n) is 5.81. The van der Waals surface area contributed by atoms with E-state index in [1.807, 2.05) is 38.7 Å². The number of benzene rings is 1. The van der Waals surface area contributed by atoms with Crippen LogP contribution in [0, 0.1) is 19.7 Å². The molecule has 0 aliphatic carbocycles. The number of likely N-dealkylation sites (N-methyl/N-ethyl adjacent to an activating group) is 1. The topological polar surface area (TPSA) is 49.3 Å². The Balaban J connectivity index is 1.68. The lowest BCUT2D eigenvalue weighted by molar-refractivity contribution is -0.130. The quantitative estimate of drug-likeness (QED) is 0.715. The number of halogens is 1. The van der Waals surface area contributed by atoms with Gasteiger partial charge in [0.2, 0.25) is 5.91 Å². The molecule has 0 spiro atoms. The number of rotatable bonds is 7. The number of carbonyl (C=O) groups excluding carboxylic acids is 1. The summed E-state index contributed by atoms with van der Waals surface area (Å²) in [5.41, 5.74) is 3.73. The van der Waals surface area contributed by atoms with E-state index in [1.54, 1.807) is 12.1 Å². The van der Waals surface area contributed by atoms with E-state index < -0.39 is 0 Å². The highest BCUT2D eigenvalue weighted by Gasteiger charge is 2.27. The molecule has 0 bridgehead atoms. The Morgan fingerprint density at radius 2 is 1.90 bits per heavy atom. The summed E-state index contributed by atoms with van der Waals surface area (Å²) in [5.74, 6) is 1.07. The zero-order valence-corrected chi connectivity index (χ0v) is 17.9. The number of likely N-dealkylation sites (tertiary alicyclic amines) is 1. The van der Waals surface area contributed by atoms with Crippen molar-refractivity contribution >= 4 is 5.91 Å². The van der Waals surface area contributed by atoms with Gasteiger partial charge in [0.1, 0.15) is 11.6 Å². The summed E-state index contributed by atoms with van der Waals surface area (Å²) in [6, 6.07) is 6.79. The van der Waals surface area contributed by atoms with E-state index >= 15 is 0 Å². The van der Waals surface area contributed by atoms with Crippen LogP contribution in [0.15, 0.2) is 24.3 Å². The van der Waals surface area contributed by atoms with Crippen molar-refractivity contribution in [2.45, 2.75) is 53.0 Å². The Morgan fingerprint density at radius 3 is 2.52 bits per heavy atom. The van der Waals surface area contributed by atoms with Gasteiger partial charge in [0.05, 0.1) is 6.42 Å². The van der Waals surface area contributed by atoms with Crippen LogP contribution in [0.5, 0.6) is 0 Å². The standard InChI is InChI=1S/C23H31FN4O/c1-5-28(6-2)22(29)13-21-16(3)25-23(26-17(21)4)19-10-11-27(15-19)14-18-8-7-9-20(24)12-18/h7-9,12,19H,5-6,10-11,13-15H2,1-4H3. The van der Waals surface area contributed by atoms with Gasteiger partial charge < -0.3 is 4.90 Å². The van der Waals surface area contributed by atoms with E-state index in [1.165, 1.54) is 6.07 Å². The molecule has 0 N–H and O–H groups in total. The third-order valence-corrected chi connectivity index (χ3v) is 5.81. The molecule has 0 saturated carbocycles. The summed E-state index contributed by atoms with van der Waals surface area (Å²) in [6.07, 6.45) is 1.35. The fourth-order valence-electron chi connectivity index (χ4n) is 4.12. The summed E-state index contributed by atoms with van der Waals surface area (Å²) >= 11 is 0. The number of aromatic nitrogens is 2. The number of nitrogens with zero attached hydrogens (tertiary/aromatic N) is 4. The molecule has 1 saturated heterocycles. The van der Waals surface area contributed by atoms with Gasteiger partial charge in [-0.1, -0.05) is 12.1 Å². The van der Waals surface area contributed by atoms with Crippen LogP contribution in [0.1, 0.15) is 54.5 Å². The number of amides is 1. The first-order valence-corrected chi connectivity index (χ1v) is 10.5. The zero-order valence-electron chi connectivity index (χ0n) is 17.9. The van der Waals surface area contributed by atoms with Gasteiger partial charge in [0.15, 0.2) is 0 Å². The molecular formula is C23H31FN4O. The Morgan fingerprint density at radius 1 is 1.21 bits per heavy atom. The first kappa shape index (κ1) is 21.4. The SMILES string of the molecule is CCN(CC)C(=O)Cc1c(C)nc(C2CCN(Cc3cccc(F)c3)C2)nc1C. The Bertz CT molecular complexity index is 843. The monoisotopic (exact) mass is 398 g/mol. The summed E-state index contributed by atoms with van der Waals surface area (Å²) in [7, 11) is 0. The Kier molecular flexibility index (Phi) is 6.96. The summed E-state index contributed by atoms with van der Waals surface area (Å²) in [5, 5.41) is 0. The molecule has 1 aromatic heterocycles. The summed E-state index contributed by atoms with van der Waals surface area (Å²) < 4.78 is 13.4. The molecule has 6 heteroatoms. The van der Waals surface area contributed by atoms with Crippen molar-refractivity contribution < 1.29 is 9.18 Å². The zero-order chi connectivity index (χ0) is 21.0. The predicted molar refractivity (Wildman–Crippen MR) is 112 cm³/mol. The van der Waals surface area contributed by atoms with Crippen LogP contribution in [-0.2, 0) is 17.8 Å². The maximum atomic E-state index is 13.4. The van der Waals surface area contributed by atoms with Crippen LogP contribution in [0.4, 0.5) is 4.39 Å². The molecule has 1 amide bonds. The average molecular weight is 399 g/mol. The van der Waals surface area contributed by atoms with E-state index in [-0.39, 0.29) is 17.6 Å². The smallest absolute Gasteiger partial charge is 0.227 e. The summed E-state index contributed by atoms with van der Waals surface area (Å²) in [4.78, 5) is 26.2. The van der Waals surface area contributed by atoms with Gasteiger partial charge in [0.25, 0.3) is 0 Å². The van der Waals surface area contributed by atoms with Gasteiger partial charge in [0, 0.05) is 49.0 Å². The Labute approximate surface area is 173 Å². The van der Waals surface area contributed by atoms with E-state index in [2.05, 4.69) is 4.90 Å². The fraction of sp³-hybridized carbons (Fsp3) is 0.522. The second kappa shape index (κ2) is 9.44. The molecule has 29 heavy (non-hydrogen) atoms. The highest BCUT2D eigenvalue weighted by atomic mass is 19.1. The average Bonchev–Trinajstić information content (AvgIpc) is 3.14. The van der Waals surface area contributed by atoms with Gasteiger partial charge in [-0.2, -0.15) is 0 Å². The minimum Gasteiger partial charge on any atom is -0.343 e. The van der Waals surface area contributed by atoms with Crippen LogP contribution in [0.3, 0.4) is 0 Å². The molecule has 1 aliphatic heterocycles. The first-order valence-electron chi connectivity index (χ1n) is 10.5. The van der Waals surface area contributed by atoms with Crippen LogP contribution < -0.4 is 0 Å². The molecule has 2 heterocycles. The van der Waals surface area contributed by atoms with Crippen molar-refractivity contribution in [1.82, 2.24) is 19.8 Å². The molecule has 0 radical (unpaired) electrons. The normalized spacial score (nSPS) is 16.9. The third kappa shape index (κ3) is 5.18. The Hall–Kier alpha value is -2.34. The number of hydrogen-bond donors (Lipinski definition) is 0. The maximum Gasteiger partial charge on any atom is 0.227 e. The molecular weight excluding hydrogens is 367 g/mol. The molecule has 1 fully saturated rings. The van der Waals surface area contributed by atoms with Crippen molar-refractivity contribution in [2.24, 2.45) is 0 Å². The highest BCUT2D eigenvalue weighted by Crippen LogP contribution is 2.27. The molecule has 1 unspecified atom stereocenters. The van der Waals surface area contributed by atoms with Crippen molar-refractivity contribution in [2.75, 3.05) is 26.2 Å². The number of aryl methyl sites for hydroxylation is 2.